The second-order valence-corrected chi connectivity index (χ2v) is 12.5. The number of benzene rings is 3. The highest BCUT2D eigenvalue weighted by Crippen LogP contribution is 2.36. The summed E-state index contributed by atoms with van der Waals surface area (Å²) in [6.45, 7) is 4.51. The number of aromatic nitrogens is 1. The highest BCUT2D eigenvalue weighted by Gasteiger charge is 2.35. The number of nitrogens with one attached hydrogen (secondary N) is 1. The largest absolute Gasteiger partial charge is 0.486 e. The molecular weight excluding hydrogens is 617 g/mol. The highest BCUT2D eigenvalue weighted by atomic mass is 32.1. The van der Waals surface area contributed by atoms with Gasteiger partial charge in [-0.3, -0.25) is 14.5 Å². The summed E-state index contributed by atoms with van der Waals surface area (Å²) in [5.74, 6) is -0.705. The fraction of sp³-hybridized carbons (Fsp3) is 0.324. The summed E-state index contributed by atoms with van der Waals surface area (Å²) in [6, 6.07) is 16.6. The fourth-order valence-electron chi connectivity index (χ4n) is 5.37. The zero-order valence-electron chi connectivity index (χ0n) is 25.6. The minimum atomic E-state index is -4.41. The first kappa shape index (κ1) is 33.1. The van der Waals surface area contributed by atoms with Crippen LogP contribution in [-0.4, -0.2) is 70.6 Å². The van der Waals surface area contributed by atoms with Crippen molar-refractivity contribution in [1.29, 1.82) is 0 Å². The molecule has 2 amide bonds. The number of rotatable bonds is 9. The molecule has 0 saturated heterocycles. The van der Waals surface area contributed by atoms with Gasteiger partial charge in [-0.05, 0) is 55.9 Å². The molecule has 0 saturated carbocycles. The third kappa shape index (κ3) is 7.57. The molecule has 4 aromatic rings. The van der Waals surface area contributed by atoms with E-state index in [1.54, 1.807) is 48.4 Å². The molecule has 2 heterocycles. The zero-order valence-corrected chi connectivity index (χ0v) is 26.4. The van der Waals surface area contributed by atoms with Gasteiger partial charge in [-0.25, -0.2) is 4.98 Å². The maximum absolute atomic E-state index is 13.8. The second kappa shape index (κ2) is 14.0. The molecular formula is C34H35F3N4O4S. The van der Waals surface area contributed by atoms with Crippen LogP contribution in [0.25, 0.3) is 10.6 Å². The number of carbonyl (C=O) groups is 2. The molecule has 2 N–H and O–H groups in total. The summed E-state index contributed by atoms with van der Waals surface area (Å²) in [7, 11) is 1.84. The number of hydrogen-bond acceptors (Lipinski definition) is 7. The highest BCUT2D eigenvalue weighted by molar-refractivity contribution is 7.13. The van der Waals surface area contributed by atoms with Crippen molar-refractivity contribution in [2.75, 3.05) is 32.1 Å². The average Bonchev–Trinajstić information content (AvgIpc) is 3.58. The van der Waals surface area contributed by atoms with E-state index in [0.717, 1.165) is 22.7 Å². The van der Waals surface area contributed by atoms with E-state index in [2.05, 4.69) is 10.3 Å². The van der Waals surface area contributed by atoms with Gasteiger partial charge in [-0.2, -0.15) is 13.2 Å². The third-order valence-corrected chi connectivity index (χ3v) is 8.81. The van der Waals surface area contributed by atoms with Crippen LogP contribution < -0.4 is 10.1 Å². The smallest absolute Gasteiger partial charge is 0.416 e. The number of ether oxygens (including phenoxy) is 1. The van der Waals surface area contributed by atoms with E-state index in [4.69, 9.17) is 4.74 Å². The minimum Gasteiger partial charge on any atom is -0.486 e. The number of alkyl halides is 3. The molecule has 3 aromatic carbocycles. The van der Waals surface area contributed by atoms with Crippen LogP contribution in [0.15, 0.2) is 78.3 Å². The Balaban J connectivity index is 1.40. The lowest BCUT2D eigenvalue weighted by Crippen LogP contribution is -2.49. The summed E-state index contributed by atoms with van der Waals surface area (Å²) in [6.07, 6.45) is -3.17. The minimum absolute atomic E-state index is 0.205. The van der Waals surface area contributed by atoms with Crippen LogP contribution in [0.2, 0.25) is 0 Å². The summed E-state index contributed by atoms with van der Waals surface area (Å²) in [5, 5.41) is 15.6. The van der Waals surface area contributed by atoms with E-state index in [-0.39, 0.29) is 35.7 Å². The molecule has 242 valence electrons. The maximum Gasteiger partial charge on any atom is 0.416 e. The van der Waals surface area contributed by atoms with E-state index in [1.807, 2.05) is 36.4 Å². The van der Waals surface area contributed by atoms with Gasteiger partial charge < -0.3 is 20.1 Å². The maximum atomic E-state index is 13.8. The monoisotopic (exact) mass is 652 g/mol. The molecule has 0 fully saturated rings. The molecule has 0 bridgehead atoms. The summed E-state index contributed by atoms with van der Waals surface area (Å²) >= 11 is 1.50. The molecule has 46 heavy (non-hydrogen) atoms. The Morgan fingerprint density at radius 2 is 1.87 bits per heavy atom. The molecule has 0 aliphatic carbocycles. The summed E-state index contributed by atoms with van der Waals surface area (Å²) in [4.78, 5) is 35.0. The number of aliphatic hydroxyl groups excluding tert-OH is 1. The van der Waals surface area contributed by atoms with Crippen molar-refractivity contribution in [3.8, 4) is 16.3 Å². The number of aliphatic hydroxyl groups is 1. The topological polar surface area (TPSA) is 95.0 Å². The van der Waals surface area contributed by atoms with Crippen LogP contribution in [0, 0.1) is 5.92 Å². The van der Waals surface area contributed by atoms with Crippen molar-refractivity contribution >= 4 is 28.8 Å². The number of nitrogens with zero attached hydrogens (tertiary/aromatic N) is 3. The molecule has 8 nitrogen and oxygen atoms in total. The summed E-state index contributed by atoms with van der Waals surface area (Å²) in [5.41, 5.74) is 1.86. The van der Waals surface area contributed by atoms with Crippen LogP contribution in [0.3, 0.4) is 0 Å². The number of hydrogen-bond donors (Lipinski definition) is 2. The Bertz CT molecular complexity index is 1650. The van der Waals surface area contributed by atoms with Crippen molar-refractivity contribution in [2.45, 2.75) is 38.7 Å². The van der Waals surface area contributed by atoms with Crippen LogP contribution in [0.1, 0.15) is 45.7 Å². The molecule has 1 aromatic heterocycles. The Morgan fingerprint density at radius 3 is 2.50 bits per heavy atom. The van der Waals surface area contributed by atoms with Crippen molar-refractivity contribution in [2.24, 2.45) is 5.92 Å². The molecule has 3 atom stereocenters. The Labute approximate surface area is 269 Å². The van der Waals surface area contributed by atoms with Gasteiger partial charge in [0, 0.05) is 48.3 Å². The molecule has 0 radical (unpaired) electrons. The molecule has 1 aliphatic heterocycles. The standard InChI is InChI=1S/C34H35F3N4O4S/c1-21-17-41(22(2)20-42)33(44)27-5-4-6-28(39-31(43)24-9-11-25(12-10-24)32-38-15-16-46-32)30(27)45-29(21)19-40(3)18-23-7-13-26(14-8-23)34(35,36)37/h4-16,21-22,29,42H,17-20H2,1-3H3,(H,39,43)/t21-,22-,29+/m1/s1. The SMILES string of the molecule is C[C@@H]1CN([C@H](C)CO)C(=O)c2cccc(NC(=O)c3ccc(-c4nccs4)cc3)c2O[C@H]1CN(C)Cc1ccc(C(F)(F)F)cc1. The van der Waals surface area contributed by atoms with E-state index < -0.39 is 23.9 Å². The van der Waals surface area contributed by atoms with Gasteiger partial charge >= 0.3 is 6.18 Å². The fourth-order valence-corrected chi connectivity index (χ4v) is 6.01. The van der Waals surface area contributed by atoms with Gasteiger partial charge in [0.05, 0.1) is 29.5 Å². The van der Waals surface area contributed by atoms with Gasteiger partial charge in [0.15, 0.2) is 5.75 Å². The molecule has 0 unspecified atom stereocenters. The number of para-hydroxylation sites is 1. The lowest BCUT2D eigenvalue weighted by molar-refractivity contribution is -0.137. The number of carbonyl (C=O) groups excluding carboxylic acids is 2. The Hall–Kier alpha value is -4.26. The lowest BCUT2D eigenvalue weighted by atomic mass is 9.98. The van der Waals surface area contributed by atoms with Gasteiger partial charge in [-0.15, -0.1) is 11.3 Å². The van der Waals surface area contributed by atoms with Crippen LogP contribution in [-0.2, 0) is 12.7 Å². The number of likely N-dealkylation sites (N-methyl/N-ethyl adjacent to an activating group) is 1. The van der Waals surface area contributed by atoms with Gasteiger partial charge in [0.25, 0.3) is 11.8 Å². The Kier molecular flexibility index (Phi) is 10.1. The molecule has 5 rings (SSSR count). The summed E-state index contributed by atoms with van der Waals surface area (Å²) < 4.78 is 45.7. The normalized spacial score (nSPS) is 17.6. The van der Waals surface area contributed by atoms with Crippen LogP contribution in [0.5, 0.6) is 5.75 Å². The Morgan fingerprint density at radius 1 is 1.15 bits per heavy atom. The van der Waals surface area contributed by atoms with Crippen LogP contribution in [0.4, 0.5) is 18.9 Å². The quantitative estimate of drug-likeness (QED) is 0.216. The van der Waals surface area contributed by atoms with Gasteiger partial charge in [0.1, 0.15) is 11.1 Å². The van der Waals surface area contributed by atoms with Crippen molar-refractivity contribution in [3.63, 3.8) is 0 Å². The third-order valence-electron chi connectivity index (χ3n) is 7.99. The number of fused-ring (bicyclic) bond motifs is 1. The first-order valence-corrected chi connectivity index (χ1v) is 15.7. The van der Waals surface area contributed by atoms with Gasteiger partial charge in [0.2, 0.25) is 0 Å². The predicted molar refractivity (Wildman–Crippen MR) is 171 cm³/mol. The first-order valence-electron chi connectivity index (χ1n) is 14.8. The predicted octanol–water partition coefficient (Wildman–Crippen LogP) is 6.43. The second-order valence-electron chi connectivity index (χ2n) is 11.6. The van der Waals surface area contributed by atoms with E-state index in [9.17, 15) is 27.9 Å². The number of amides is 2. The van der Waals surface area contributed by atoms with E-state index in [1.165, 1.54) is 23.5 Å². The molecule has 0 spiro atoms. The average molecular weight is 653 g/mol. The number of thiazole rings is 1. The van der Waals surface area contributed by atoms with E-state index in [0.29, 0.717) is 36.4 Å². The van der Waals surface area contributed by atoms with E-state index >= 15 is 0 Å². The van der Waals surface area contributed by atoms with Crippen molar-refractivity contribution in [1.82, 2.24) is 14.8 Å². The van der Waals surface area contributed by atoms with Gasteiger partial charge in [-0.1, -0.05) is 37.3 Å². The lowest BCUT2D eigenvalue weighted by Gasteiger charge is -2.38. The molecule has 12 heteroatoms. The number of halogens is 3. The van der Waals surface area contributed by atoms with Crippen molar-refractivity contribution < 1.29 is 32.6 Å². The van der Waals surface area contributed by atoms with Crippen LogP contribution >= 0.6 is 11.3 Å². The first-order chi connectivity index (χ1) is 21.9. The zero-order chi connectivity index (χ0) is 33.0. The number of anilines is 1. The molecule has 1 aliphatic rings. The van der Waals surface area contributed by atoms with Crippen molar-refractivity contribution in [3.05, 3.63) is 101 Å².